The number of ketones is 1. The van der Waals surface area contributed by atoms with Crippen LogP contribution in [0.25, 0.3) is 10.1 Å². The normalized spacial score (nSPS) is 10.8. The highest BCUT2D eigenvalue weighted by atomic mass is 35.5. The first kappa shape index (κ1) is 12.4. The summed E-state index contributed by atoms with van der Waals surface area (Å²) in [4.78, 5) is 12.6. The molecule has 1 nitrogen and oxygen atoms in total. The molecule has 94 valence electrons. The van der Waals surface area contributed by atoms with E-state index in [2.05, 4.69) is 0 Å². The Hall–Kier alpha value is -1.64. The van der Waals surface area contributed by atoms with Crippen molar-refractivity contribution < 1.29 is 4.79 Å². The third kappa shape index (κ3) is 2.18. The van der Waals surface area contributed by atoms with Crippen LogP contribution >= 0.6 is 22.9 Å². The van der Waals surface area contributed by atoms with Crippen molar-refractivity contribution in [1.82, 2.24) is 0 Å². The Labute approximate surface area is 120 Å². The van der Waals surface area contributed by atoms with Crippen LogP contribution in [0.2, 0.25) is 5.02 Å². The molecule has 1 aromatic heterocycles. The van der Waals surface area contributed by atoms with E-state index in [1.165, 1.54) is 0 Å². The molecular weight excluding hydrogens is 276 g/mol. The van der Waals surface area contributed by atoms with Gasteiger partial charge in [-0.1, -0.05) is 35.9 Å². The van der Waals surface area contributed by atoms with Crippen LogP contribution in [0.3, 0.4) is 0 Å². The van der Waals surface area contributed by atoms with Gasteiger partial charge in [-0.05, 0) is 30.7 Å². The molecule has 0 atom stereocenters. The van der Waals surface area contributed by atoms with Crippen LogP contribution in [0.4, 0.5) is 0 Å². The molecule has 3 aromatic rings. The number of rotatable bonds is 2. The summed E-state index contributed by atoms with van der Waals surface area (Å²) in [6.07, 6.45) is 0. The van der Waals surface area contributed by atoms with Crippen molar-refractivity contribution in [1.29, 1.82) is 0 Å². The number of hydrogen-bond donors (Lipinski definition) is 0. The van der Waals surface area contributed by atoms with Gasteiger partial charge in [0.1, 0.15) is 0 Å². The lowest BCUT2D eigenvalue weighted by molar-refractivity contribution is 0.104. The lowest BCUT2D eigenvalue weighted by Gasteiger charge is -2.05. The van der Waals surface area contributed by atoms with E-state index in [0.717, 1.165) is 21.2 Å². The Morgan fingerprint density at radius 2 is 1.89 bits per heavy atom. The zero-order valence-electron chi connectivity index (χ0n) is 10.3. The Kier molecular flexibility index (Phi) is 3.13. The van der Waals surface area contributed by atoms with Gasteiger partial charge in [0, 0.05) is 31.6 Å². The van der Waals surface area contributed by atoms with Crippen LogP contribution in [0, 0.1) is 6.92 Å². The summed E-state index contributed by atoms with van der Waals surface area (Å²) >= 11 is 7.58. The van der Waals surface area contributed by atoms with Gasteiger partial charge in [0.05, 0.1) is 0 Å². The SMILES string of the molecule is Cc1ccc(Cl)cc1C(=O)c1csc2ccccc12. The lowest BCUT2D eigenvalue weighted by atomic mass is 9.99. The number of benzene rings is 2. The first-order valence-electron chi connectivity index (χ1n) is 5.94. The fraction of sp³-hybridized carbons (Fsp3) is 0.0625. The van der Waals surface area contributed by atoms with Crippen molar-refractivity contribution in [2.45, 2.75) is 6.92 Å². The molecular formula is C16H11ClOS. The van der Waals surface area contributed by atoms with Crippen molar-refractivity contribution in [3.63, 3.8) is 0 Å². The van der Waals surface area contributed by atoms with Gasteiger partial charge >= 0.3 is 0 Å². The van der Waals surface area contributed by atoms with Gasteiger partial charge in [-0.2, -0.15) is 0 Å². The van der Waals surface area contributed by atoms with E-state index in [1.807, 2.05) is 42.6 Å². The standard InChI is InChI=1S/C16H11ClOS/c1-10-6-7-11(17)8-13(10)16(18)14-9-19-15-5-3-2-4-12(14)15/h2-9H,1H3. The summed E-state index contributed by atoms with van der Waals surface area (Å²) in [5, 5.41) is 3.53. The van der Waals surface area contributed by atoms with Gasteiger partial charge < -0.3 is 0 Å². The molecule has 0 fully saturated rings. The van der Waals surface area contributed by atoms with Crippen molar-refractivity contribution >= 4 is 38.8 Å². The van der Waals surface area contributed by atoms with Crippen molar-refractivity contribution in [3.05, 3.63) is 69.6 Å². The minimum Gasteiger partial charge on any atom is -0.289 e. The molecule has 0 amide bonds. The Morgan fingerprint density at radius 1 is 1.11 bits per heavy atom. The number of carbonyl (C=O) groups excluding carboxylic acids is 1. The largest absolute Gasteiger partial charge is 0.289 e. The van der Waals surface area contributed by atoms with Crippen LogP contribution in [-0.2, 0) is 0 Å². The fourth-order valence-electron chi connectivity index (χ4n) is 2.14. The quantitative estimate of drug-likeness (QED) is 0.599. The number of thiophene rings is 1. The highest BCUT2D eigenvalue weighted by Gasteiger charge is 2.16. The van der Waals surface area contributed by atoms with Crippen molar-refractivity contribution in [2.75, 3.05) is 0 Å². The van der Waals surface area contributed by atoms with E-state index in [1.54, 1.807) is 23.5 Å². The number of fused-ring (bicyclic) bond motifs is 1. The highest BCUT2D eigenvalue weighted by molar-refractivity contribution is 7.17. The smallest absolute Gasteiger partial charge is 0.194 e. The van der Waals surface area contributed by atoms with E-state index in [9.17, 15) is 4.79 Å². The molecule has 19 heavy (non-hydrogen) atoms. The maximum absolute atomic E-state index is 12.6. The van der Waals surface area contributed by atoms with E-state index < -0.39 is 0 Å². The molecule has 0 N–H and O–H groups in total. The molecule has 0 spiro atoms. The summed E-state index contributed by atoms with van der Waals surface area (Å²) in [5.41, 5.74) is 2.38. The highest BCUT2D eigenvalue weighted by Crippen LogP contribution is 2.29. The molecule has 3 heteroatoms. The molecule has 1 heterocycles. The third-order valence-electron chi connectivity index (χ3n) is 3.17. The molecule has 0 bridgehead atoms. The first-order valence-corrected chi connectivity index (χ1v) is 7.19. The zero-order valence-corrected chi connectivity index (χ0v) is 11.9. The second kappa shape index (κ2) is 4.80. The maximum atomic E-state index is 12.6. The van der Waals surface area contributed by atoms with E-state index in [4.69, 9.17) is 11.6 Å². The molecule has 0 saturated heterocycles. The maximum Gasteiger partial charge on any atom is 0.194 e. The van der Waals surface area contributed by atoms with Crippen molar-refractivity contribution in [2.24, 2.45) is 0 Å². The molecule has 2 aromatic carbocycles. The van der Waals surface area contributed by atoms with Crippen LogP contribution < -0.4 is 0 Å². The average Bonchev–Trinajstić information content (AvgIpc) is 2.84. The van der Waals surface area contributed by atoms with E-state index >= 15 is 0 Å². The Morgan fingerprint density at radius 3 is 2.74 bits per heavy atom. The summed E-state index contributed by atoms with van der Waals surface area (Å²) in [6, 6.07) is 13.4. The van der Waals surface area contributed by atoms with Crippen LogP contribution in [0.5, 0.6) is 0 Å². The van der Waals surface area contributed by atoms with Gasteiger partial charge in [-0.25, -0.2) is 0 Å². The molecule has 0 aliphatic carbocycles. The summed E-state index contributed by atoms with van der Waals surface area (Å²) in [5.74, 6) is 0.0393. The fourth-order valence-corrected chi connectivity index (χ4v) is 3.25. The van der Waals surface area contributed by atoms with Crippen LogP contribution in [0.15, 0.2) is 47.8 Å². The van der Waals surface area contributed by atoms with Gasteiger partial charge in [-0.3, -0.25) is 4.79 Å². The number of hydrogen-bond acceptors (Lipinski definition) is 2. The minimum atomic E-state index is 0.0393. The Balaban J connectivity index is 2.16. The predicted molar refractivity (Wildman–Crippen MR) is 81.4 cm³/mol. The van der Waals surface area contributed by atoms with Crippen molar-refractivity contribution in [3.8, 4) is 0 Å². The predicted octanol–water partition coefficient (Wildman–Crippen LogP) is 5.09. The van der Waals surface area contributed by atoms with Gasteiger partial charge in [0.2, 0.25) is 0 Å². The molecule has 0 radical (unpaired) electrons. The first-order chi connectivity index (χ1) is 9.16. The monoisotopic (exact) mass is 286 g/mol. The van der Waals surface area contributed by atoms with Crippen LogP contribution in [0.1, 0.15) is 21.5 Å². The van der Waals surface area contributed by atoms with E-state index in [-0.39, 0.29) is 5.78 Å². The molecule has 0 aliphatic rings. The topological polar surface area (TPSA) is 17.1 Å². The minimum absolute atomic E-state index is 0.0393. The molecule has 0 aliphatic heterocycles. The summed E-state index contributed by atoms with van der Waals surface area (Å²) in [7, 11) is 0. The number of carbonyl (C=O) groups is 1. The molecule has 0 saturated carbocycles. The summed E-state index contributed by atoms with van der Waals surface area (Å²) in [6.45, 7) is 1.93. The third-order valence-corrected chi connectivity index (χ3v) is 4.37. The van der Waals surface area contributed by atoms with Gasteiger partial charge in [-0.15, -0.1) is 11.3 Å². The van der Waals surface area contributed by atoms with Gasteiger partial charge in [0.15, 0.2) is 5.78 Å². The van der Waals surface area contributed by atoms with Crippen LogP contribution in [-0.4, -0.2) is 5.78 Å². The van der Waals surface area contributed by atoms with Gasteiger partial charge in [0.25, 0.3) is 0 Å². The van der Waals surface area contributed by atoms with E-state index in [0.29, 0.717) is 10.6 Å². The summed E-state index contributed by atoms with van der Waals surface area (Å²) < 4.78 is 1.13. The second-order valence-corrected chi connectivity index (χ2v) is 5.78. The zero-order chi connectivity index (χ0) is 13.4. The average molecular weight is 287 g/mol. The number of halogens is 1. The number of aryl methyl sites for hydroxylation is 1. The Bertz CT molecular complexity index is 773. The second-order valence-electron chi connectivity index (χ2n) is 4.43. The lowest BCUT2D eigenvalue weighted by Crippen LogP contribution is -2.02. The molecule has 3 rings (SSSR count). The molecule has 0 unspecified atom stereocenters.